The number of aromatic nitrogens is 2. The van der Waals surface area contributed by atoms with Crippen LogP contribution < -0.4 is 14.8 Å². The van der Waals surface area contributed by atoms with E-state index >= 15 is 0 Å². The fraction of sp³-hybridized carbons (Fsp3) is 0.333. The van der Waals surface area contributed by atoms with Gasteiger partial charge in [0.1, 0.15) is 11.3 Å². The van der Waals surface area contributed by atoms with Gasteiger partial charge in [-0.2, -0.15) is 5.10 Å². The Morgan fingerprint density at radius 2 is 2.18 bits per heavy atom. The Balaban J connectivity index is 1.33. The van der Waals surface area contributed by atoms with E-state index in [-0.39, 0.29) is 18.1 Å². The monoisotopic (exact) mass is 381 g/mol. The molecular weight excluding hydrogens is 358 g/mol. The molecule has 2 aromatic heterocycles. The number of hydrogen-bond donors (Lipinski definition) is 1. The molecule has 146 valence electrons. The Morgan fingerprint density at radius 1 is 1.32 bits per heavy atom. The highest BCUT2D eigenvalue weighted by Crippen LogP contribution is 2.41. The highest BCUT2D eigenvalue weighted by molar-refractivity contribution is 5.77. The first-order valence-corrected chi connectivity index (χ1v) is 9.18. The zero-order valence-corrected chi connectivity index (χ0v) is 16.2. The van der Waals surface area contributed by atoms with E-state index in [1.165, 1.54) is 0 Å². The lowest BCUT2D eigenvalue weighted by molar-refractivity contribution is -0.123. The van der Waals surface area contributed by atoms with Crippen molar-refractivity contribution in [1.82, 2.24) is 15.1 Å². The van der Waals surface area contributed by atoms with Crippen molar-refractivity contribution in [1.29, 1.82) is 0 Å². The molecule has 1 aliphatic heterocycles. The van der Waals surface area contributed by atoms with Gasteiger partial charge < -0.3 is 19.2 Å². The van der Waals surface area contributed by atoms with Crippen LogP contribution in [0, 0.1) is 0 Å². The van der Waals surface area contributed by atoms with Gasteiger partial charge in [0.25, 0.3) is 5.91 Å². The van der Waals surface area contributed by atoms with Crippen molar-refractivity contribution in [2.24, 2.45) is 7.05 Å². The van der Waals surface area contributed by atoms with E-state index in [9.17, 15) is 4.79 Å². The number of benzene rings is 1. The van der Waals surface area contributed by atoms with Gasteiger partial charge >= 0.3 is 0 Å². The lowest BCUT2D eigenvalue weighted by Crippen LogP contribution is -2.28. The van der Waals surface area contributed by atoms with Crippen molar-refractivity contribution in [2.75, 3.05) is 6.61 Å². The highest BCUT2D eigenvalue weighted by Gasteiger charge is 2.32. The van der Waals surface area contributed by atoms with Crippen molar-refractivity contribution in [3.05, 3.63) is 53.9 Å². The number of carbonyl (C=O) groups is 1. The van der Waals surface area contributed by atoms with Gasteiger partial charge in [0, 0.05) is 19.0 Å². The molecular formula is C21H23N3O4. The van der Waals surface area contributed by atoms with Gasteiger partial charge in [-0.1, -0.05) is 12.1 Å². The van der Waals surface area contributed by atoms with Crippen molar-refractivity contribution >= 4 is 5.91 Å². The average molecular weight is 381 g/mol. The van der Waals surface area contributed by atoms with E-state index in [2.05, 4.69) is 10.4 Å². The van der Waals surface area contributed by atoms with Crippen LogP contribution in [-0.4, -0.2) is 27.9 Å². The van der Waals surface area contributed by atoms with Crippen LogP contribution >= 0.6 is 0 Å². The Bertz CT molecular complexity index is 989. The van der Waals surface area contributed by atoms with Gasteiger partial charge in [-0.3, -0.25) is 9.48 Å². The molecule has 7 nitrogen and oxygen atoms in total. The molecule has 0 atom stereocenters. The number of furan rings is 1. The van der Waals surface area contributed by atoms with Crippen LogP contribution in [0.3, 0.4) is 0 Å². The molecule has 0 aliphatic carbocycles. The van der Waals surface area contributed by atoms with Gasteiger partial charge in [0.05, 0.1) is 18.5 Å². The van der Waals surface area contributed by atoms with Crippen molar-refractivity contribution in [3.63, 3.8) is 0 Å². The van der Waals surface area contributed by atoms with Gasteiger partial charge in [0.15, 0.2) is 23.9 Å². The van der Waals surface area contributed by atoms with Gasteiger partial charge in [-0.15, -0.1) is 0 Å². The topological polar surface area (TPSA) is 78.5 Å². The van der Waals surface area contributed by atoms with E-state index in [0.717, 1.165) is 34.9 Å². The summed E-state index contributed by atoms with van der Waals surface area (Å²) in [6.07, 6.45) is 2.44. The maximum Gasteiger partial charge on any atom is 0.258 e. The lowest BCUT2D eigenvalue weighted by atomic mass is 10.0. The molecule has 0 saturated heterocycles. The smallest absolute Gasteiger partial charge is 0.258 e. The Morgan fingerprint density at radius 3 is 2.96 bits per heavy atom. The quantitative estimate of drug-likeness (QED) is 0.710. The van der Waals surface area contributed by atoms with Crippen LogP contribution in [0.4, 0.5) is 0 Å². The van der Waals surface area contributed by atoms with Crippen LogP contribution in [0.15, 0.2) is 47.1 Å². The second-order valence-corrected chi connectivity index (χ2v) is 7.47. The molecule has 3 heterocycles. The predicted molar refractivity (Wildman–Crippen MR) is 103 cm³/mol. The summed E-state index contributed by atoms with van der Waals surface area (Å²) in [7, 11) is 1.84. The third kappa shape index (κ3) is 3.74. The van der Waals surface area contributed by atoms with E-state index in [0.29, 0.717) is 12.3 Å². The number of carbonyl (C=O) groups excluding carboxylic acids is 1. The van der Waals surface area contributed by atoms with Crippen LogP contribution in [0.1, 0.15) is 25.1 Å². The number of fused-ring (bicyclic) bond motifs is 1. The minimum absolute atomic E-state index is 0.0852. The first-order chi connectivity index (χ1) is 13.4. The van der Waals surface area contributed by atoms with Gasteiger partial charge in [-0.05, 0) is 38.1 Å². The van der Waals surface area contributed by atoms with Crippen molar-refractivity contribution in [3.8, 4) is 23.0 Å². The zero-order valence-electron chi connectivity index (χ0n) is 16.2. The molecule has 4 rings (SSSR count). The number of para-hydroxylation sites is 1. The number of ether oxygens (including phenoxy) is 2. The van der Waals surface area contributed by atoms with E-state index in [1.807, 2.05) is 57.3 Å². The first-order valence-electron chi connectivity index (χ1n) is 9.18. The molecule has 1 N–H and O–H groups in total. The molecule has 1 aromatic carbocycles. The minimum Gasteiger partial charge on any atom is -0.483 e. The average Bonchev–Trinajstić information content (AvgIpc) is 3.35. The summed E-state index contributed by atoms with van der Waals surface area (Å²) in [5, 5.41) is 7.23. The molecule has 0 unspecified atom stereocenters. The van der Waals surface area contributed by atoms with Gasteiger partial charge in [0.2, 0.25) is 0 Å². The Labute approximate surface area is 163 Å². The third-order valence-electron chi connectivity index (χ3n) is 4.58. The highest BCUT2D eigenvalue weighted by atomic mass is 16.5. The summed E-state index contributed by atoms with van der Waals surface area (Å²) >= 11 is 0. The number of nitrogens with zero attached hydrogens (tertiary/aromatic N) is 2. The fourth-order valence-corrected chi connectivity index (χ4v) is 3.35. The first kappa shape index (κ1) is 18.2. The molecule has 0 bridgehead atoms. The standard InChI is InChI=1S/C21H23N3O4/c1-21(2)11-14-6-4-7-18(20(14)28-21)27-13-19(25)22-12-15-10-16(24(3)23-15)17-8-5-9-26-17/h4-10H,11-13H2,1-3H3,(H,22,25). The number of aryl methyl sites for hydroxylation is 1. The number of nitrogens with one attached hydrogen (secondary N) is 1. The summed E-state index contributed by atoms with van der Waals surface area (Å²) in [4.78, 5) is 12.2. The molecule has 3 aromatic rings. The van der Waals surface area contributed by atoms with Crippen LogP contribution in [-0.2, 0) is 24.8 Å². The number of hydrogen-bond acceptors (Lipinski definition) is 5. The maximum absolute atomic E-state index is 12.2. The summed E-state index contributed by atoms with van der Waals surface area (Å²) in [5.41, 5.74) is 2.44. The summed E-state index contributed by atoms with van der Waals surface area (Å²) in [5.74, 6) is 1.83. The van der Waals surface area contributed by atoms with E-state index in [1.54, 1.807) is 10.9 Å². The summed E-state index contributed by atoms with van der Waals surface area (Å²) in [6.45, 7) is 4.30. The van der Waals surface area contributed by atoms with Crippen LogP contribution in [0.5, 0.6) is 11.5 Å². The van der Waals surface area contributed by atoms with Crippen LogP contribution in [0.25, 0.3) is 11.5 Å². The third-order valence-corrected chi connectivity index (χ3v) is 4.58. The maximum atomic E-state index is 12.2. The minimum atomic E-state index is -0.255. The second kappa shape index (κ2) is 7.07. The second-order valence-electron chi connectivity index (χ2n) is 7.47. The van der Waals surface area contributed by atoms with Gasteiger partial charge in [-0.25, -0.2) is 0 Å². The van der Waals surface area contributed by atoms with Crippen LogP contribution in [0.2, 0.25) is 0 Å². The zero-order chi connectivity index (χ0) is 19.7. The number of rotatable bonds is 6. The molecule has 0 radical (unpaired) electrons. The van der Waals surface area contributed by atoms with E-state index in [4.69, 9.17) is 13.9 Å². The molecule has 1 aliphatic rings. The SMILES string of the molecule is Cn1nc(CNC(=O)COc2cccc3c2OC(C)(C)C3)cc1-c1ccco1. The summed E-state index contributed by atoms with van der Waals surface area (Å²) in [6, 6.07) is 11.3. The summed E-state index contributed by atoms with van der Waals surface area (Å²) < 4.78 is 18.8. The number of amides is 1. The van der Waals surface area contributed by atoms with E-state index < -0.39 is 0 Å². The van der Waals surface area contributed by atoms with Crippen molar-refractivity contribution in [2.45, 2.75) is 32.4 Å². The molecule has 0 fully saturated rings. The largest absolute Gasteiger partial charge is 0.483 e. The molecule has 28 heavy (non-hydrogen) atoms. The predicted octanol–water partition coefficient (Wildman–Crippen LogP) is 3.09. The van der Waals surface area contributed by atoms with Crippen molar-refractivity contribution < 1.29 is 18.7 Å². The molecule has 1 amide bonds. The Kier molecular flexibility index (Phi) is 4.58. The lowest BCUT2D eigenvalue weighted by Gasteiger charge is -2.18. The molecule has 0 saturated carbocycles. The fourth-order valence-electron chi connectivity index (χ4n) is 3.35. The molecule has 7 heteroatoms. The normalized spacial score (nSPS) is 14.4. The Hall–Kier alpha value is -3.22. The molecule has 0 spiro atoms.